The van der Waals surface area contributed by atoms with Gasteiger partial charge in [0.2, 0.25) is 11.9 Å². The summed E-state index contributed by atoms with van der Waals surface area (Å²) >= 11 is 0. The minimum Gasteiger partial charge on any atom is -0.455 e. The van der Waals surface area contributed by atoms with Gasteiger partial charge in [0.1, 0.15) is 17.3 Å². The van der Waals surface area contributed by atoms with Crippen LogP contribution in [0.25, 0.3) is 11.2 Å². The zero-order valence-electron chi connectivity index (χ0n) is 21.4. The first-order valence-electron chi connectivity index (χ1n) is 12.0. The van der Waals surface area contributed by atoms with Gasteiger partial charge in [-0.3, -0.25) is 9.48 Å². The fourth-order valence-corrected chi connectivity index (χ4v) is 4.33. The Morgan fingerprint density at radius 2 is 2.05 bits per heavy atom. The molecule has 0 spiro atoms. The van der Waals surface area contributed by atoms with E-state index >= 15 is 4.39 Å². The smallest absolute Gasteiger partial charge is 0.222 e. The number of hydrogen-bond donors (Lipinski definition) is 2. The first kappa shape index (κ1) is 24.6. The molecule has 11 nitrogen and oxygen atoms in total. The van der Waals surface area contributed by atoms with Gasteiger partial charge in [0.15, 0.2) is 17.3 Å². The van der Waals surface area contributed by atoms with Crippen LogP contribution in [0, 0.1) is 5.82 Å². The molecular weight excluding hydrogens is 479 g/mol. The van der Waals surface area contributed by atoms with Crippen LogP contribution in [-0.2, 0) is 22.0 Å². The number of amides is 1. The molecule has 37 heavy (non-hydrogen) atoms. The minimum atomic E-state index is -0.452. The maximum Gasteiger partial charge on any atom is 0.222 e. The largest absolute Gasteiger partial charge is 0.455 e. The lowest BCUT2D eigenvalue weighted by Crippen LogP contribution is -2.23. The van der Waals surface area contributed by atoms with Crippen LogP contribution >= 0.6 is 0 Å². The molecule has 4 aromatic heterocycles. The van der Waals surface area contributed by atoms with Crippen LogP contribution in [0.4, 0.5) is 22.0 Å². The number of carbonyl (C=O) groups is 1. The number of fused-ring (bicyclic) bond motifs is 1. The third-order valence-corrected chi connectivity index (χ3v) is 6.03. The van der Waals surface area contributed by atoms with Gasteiger partial charge in [-0.15, -0.1) is 0 Å². The van der Waals surface area contributed by atoms with Crippen molar-refractivity contribution in [2.45, 2.75) is 45.6 Å². The lowest BCUT2D eigenvalue weighted by Gasteiger charge is -2.22. The van der Waals surface area contributed by atoms with Gasteiger partial charge in [-0.05, 0) is 12.5 Å². The van der Waals surface area contributed by atoms with E-state index in [1.165, 1.54) is 13.1 Å². The molecule has 1 atom stereocenters. The lowest BCUT2D eigenvalue weighted by molar-refractivity contribution is -0.114. The van der Waals surface area contributed by atoms with Crippen LogP contribution in [0.2, 0.25) is 0 Å². The number of rotatable bonds is 6. The first-order valence-corrected chi connectivity index (χ1v) is 12.0. The van der Waals surface area contributed by atoms with Gasteiger partial charge >= 0.3 is 0 Å². The number of anilines is 3. The van der Waals surface area contributed by atoms with Gasteiger partial charge in [-0.1, -0.05) is 20.8 Å². The summed E-state index contributed by atoms with van der Waals surface area (Å²) in [6, 6.07) is 5.06. The number of nitrogens with one attached hydrogen (secondary N) is 2. The Bertz CT molecular complexity index is 1470. The van der Waals surface area contributed by atoms with Crippen LogP contribution in [-0.4, -0.2) is 48.4 Å². The summed E-state index contributed by atoms with van der Waals surface area (Å²) in [5, 5.41) is 10.3. The van der Waals surface area contributed by atoms with Gasteiger partial charge < -0.3 is 24.7 Å². The standard InChI is InChI=1S/C25H29FN8O3/c1-14(35)29-19-11-16(6-8-27-19)37-17-10-18-22(28-12-17)30-24(33(18)5)31-23-20(26)21(25(2,3)4)34(32-23)15-7-9-36-13-15/h6,8,10-12,15H,7,9,13H2,1-5H3,(H,27,29,35)(H,28,30,31,32)/t15-/m1/s1. The second kappa shape index (κ2) is 9.43. The number of aryl methyl sites for hydroxylation is 1. The van der Waals surface area contributed by atoms with Crippen LogP contribution in [0.3, 0.4) is 0 Å². The van der Waals surface area contributed by atoms with E-state index in [1.807, 2.05) is 20.8 Å². The van der Waals surface area contributed by atoms with E-state index in [2.05, 4.69) is 30.7 Å². The molecule has 4 aromatic rings. The van der Waals surface area contributed by atoms with Gasteiger partial charge in [-0.2, -0.15) is 10.1 Å². The third-order valence-electron chi connectivity index (χ3n) is 6.03. The summed E-state index contributed by atoms with van der Waals surface area (Å²) in [4.78, 5) is 24.3. The molecule has 1 saturated heterocycles. The van der Waals surface area contributed by atoms with Crippen LogP contribution in [0.5, 0.6) is 11.5 Å². The van der Waals surface area contributed by atoms with Gasteiger partial charge in [0, 0.05) is 44.3 Å². The number of nitrogens with zero attached hydrogens (tertiary/aromatic N) is 6. The Labute approximate surface area is 213 Å². The third kappa shape index (κ3) is 4.96. The Hall–Kier alpha value is -4.06. The number of aromatic nitrogens is 6. The van der Waals surface area contributed by atoms with Gasteiger partial charge in [0.25, 0.3) is 0 Å². The predicted octanol–water partition coefficient (Wildman–Crippen LogP) is 4.45. The van der Waals surface area contributed by atoms with Crippen molar-refractivity contribution in [2.75, 3.05) is 23.8 Å². The molecule has 1 fully saturated rings. The van der Waals surface area contributed by atoms with E-state index in [4.69, 9.17) is 9.47 Å². The molecule has 0 saturated carbocycles. The zero-order valence-corrected chi connectivity index (χ0v) is 21.4. The number of halogens is 1. The maximum absolute atomic E-state index is 15.6. The monoisotopic (exact) mass is 508 g/mol. The van der Waals surface area contributed by atoms with E-state index in [9.17, 15) is 4.79 Å². The Balaban J connectivity index is 1.43. The molecule has 0 aliphatic carbocycles. The highest BCUT2D eigenvalue weighted by molar-refractivity contribution is 5.87. The average Bonchev–Trinajstić information content (AvgIpc) is 3.53. The van der Waals surface area contributed by atoms with Crippen LogP contribution in [0.1, 0.15) is 45.9 Å². The quantitative estimate of drug-likeness (QED) is 0.392. The van der Waals surface area contributed by atoms with E-state index < -0.39 is 11.2 Å². The SMILES string of the molecule is CC(=O)Nc1cc(Oc2cnc3nc(Nc4nn([C@@H]5CCOC5)c(C(C)(C)C)c4F)n(C)c3c2)ccn1. The van der Waals surface area contributed by atoms with Crippen molar-refractivity contribution >= 4 is 34.7 Å². The molecule has 5 heterocycles. The van der Waals surface area contributed by atoms with E-state index in [-0.39, 0.29) is 17.8 Å². The molecule has 0 aromatic carbocycles. The average molecular weight is 509 g/mol. The number of hydrogen-bond acceptors (Lipinski definition) is 8. The molecule has 1 aliphatic rings. The topological polar surface area (TPSA) is 121 Å². The Morgan fingerprint density at radius 3 is 2.76 bits per heavy atom. The summed E-state index contributed by atoms with van der Waals surface area (Å²) in [5.74, 6) is 1.20. The summed E-state index contributed by atoms with van der Waals surface area (Å²) < 4.78 is 30.6. The second-order valence-electron chi connectivity index (χ2n) is 10.0. The molecule has 0 radical (unpaired) electrons. The highest BCUT2D eigenvalue weighted by Gasteiger charge is 2.33. The normalized spacial score (nSPS) is 15.8. The molecule has 12 heteroatoms. The van der Waals surface area contributed by atoms with E-state index in [0.29, 0.717) is 53.3 Å². The highest BCUT2D eigenvalue weighted by Crippen LogP contribution is 2.35. The number of imidazole rings is 1. The molecule has 0 bridgehead atoms. The predicted molar refractivity (Wildman–Crippen MR) is 136 cm³/mol. The van der Waals surface area contributed by atoms with E-state index in [0.717, 1.165) is 6.42 Å². The fraction of sp³-hybridized carbons (Fsp3) is 0.400. The van der Waals surface area contributed by atoms with Crippen molar-refractivity contribution in [1.82, 2.24) is 29.3 Å². The minimum absolute atomic E-state index is 0.0135. The summed E-state index contributed by atoms with van der Waals surface area (Å²) in [7, 11) is 1.80. The second-order valence-corrected chi connectivity index (χ2v) is 10.0. The highest BCUT2D eigenvalue weighted by atomic mass is 19.1. The zero-order chi connectivity index (χ0) is 26.3. The van der Waals surface area contributed by atoms with Gasteiger partial charge in [-0.25, -0.2) is 14.4 Å². The van der Waals surface area contributed by atoms with Gasteiger partial charge in [0.05, 0.1) is 30.1 Å². The lowest BCUT2D eigenvalue weighted by atomic mass is 9.91. The van der Waals surface area contributed by atoms with Crippen molar-refractivity contribution in [3.8, 4) is 11.5 Å². The Kier molecular flexibility index (Phi) is 6.28. The first-order chi connectivity index (χ1) is 17.6. The molecular formula is C25H29FN8O3. The van der Waals surface area contributed by atoms with Crippen molar-refractivity contribution in [3.05, 3.63) is 42.1 Å². The molecule has 1 aliphatic heterocycles. The van der Waals surface area contributed by atoms with E-state index in [1.54, 1.807) is 40.7 Å². The Morgan fingerprint density at radius 1 is 1.24 bits per heavy atom. The van der Waals surface area contributed by atoms with Crippen molar-refractivity contribution in [1.29, 1.82) is 0 Å². The van der Waals surface area contributed by atoms with Crippen LogP contribution < -0.4 is 15.4 Å². The summed E-state index contributed by atoms with van der Waals surface area (Å²) in [5.41, 5.74) is 1.21. The molecule has 194 valence electrons. The van der Waals surface area contributed by atoms with Crippen molar-refractivity contribution in [3.63, 3.8) is 0 Å². The molecule has 5 rings (SSSR count). The fourth-order valence-electron chi connectivity index (χ4n) is 4.33. The number of ether oxygens (including phenoxy) is 2. The molecule has 0 unspecified atom stereocenters. The number of pyridine rings is 2. The maximum atomic E-state index is 15.6. The summed E-state index contributed by atoms with van der Waals surface area (Å²) in [6.07, 6.45) is 3.87. The van der Waals surface area contributed by atoms with Crippen molar-refractivity contribution in [2.24, 2.45) is 7.05 Å². The molecule has 2 N–H and O–H groups in total. The molecule has 1 amide bonds. The summed E-state index contributed by atoms with van der Waals surface area (Å²) in [6.45, 7) is 8.44. The van der Waals surface area contributed by atoms with Crippen LogP contribution in [0.15, 0.2) is 30.6 Å². The van der Waals surface area contributed by atoms with Crippen molar-refractivity contribution < 1.29 is 18.7 Å². The number of carbonyl (C=O) groups excluding carboxylic acids is 1.